The van der Waals surface area contributed by atoms with Crippen LogP contribution < -0.4 is 26.6 Å². The first kappa shape index (κ1) is 49.8. The second-order valence-electron chi connectivity index (χ2n) is 15.1. The Bertz CT molecular complexity index is 1340. The van der Waals surface area contributed by atoms with Gasteiger partial charge in [0, 0.05) is 26.1 Å². The monoisotopic (exact) mass is 806 g/mol. The molecule has 1 aliphatic heterocycles. The van der Waals surface area contributed by atoms with Crippen LogP contribution in [0.3, 0.4) is 0 Å². The number of hydrogen-bond donors (Lipinski definition) is 6. The Labute approximate surface area is 326 Å². The van der Waals surface area contributed by atoms with E-state index < -0.39 is 64.5 Å². The summed E-state index contributed by atoms with van der Waals surface area (Å²) < 4.78 is 40.7. The van der Waals surface area contributed by atoms with Crippen molar-refractivity contribution in [2.75, 3.05) is 71.4 Å². The highest BCUT2D eigenvalue weighted by molar-refractivity contribution is 7.86. The van der Waals surface area contributed by atoms with E-state index in [0.717, 1.165) is 6.92 Å². The van der Waals surface area contributed by atoms with Crippen LogP contribution in [-0.4, -0.2) is 149 Å². The van der Waals surface area contributed by atoms with Crippen molar-refractivity contribution in [3.05, 3.63) is 0 Å². The Hall–Kier alpha value is -3.23. The van der Waals surface area contributed by atoms with Gasteiger partial charge in [0.25, 0.3) is 10.1 Å². The number of morpholine rings is 1. The first-order valence-electron chi connectivity index (χ1n) is 19.2. The minimum absolute atomic E-state index is 0.0132. The minimum atomic E-state index is -4.13. The molecule has 0 spiro atoms. The van der Waals surface area contributed by atoms with Crippen LogP contribution in [0.15, 0.2) is 0 Å². The molecule has 5 amide bonds. The fraction of sp³-hybridized carbons (Fsp3) is 0.833. The van der Waals surface area contributed by atoms with Crippen molar-refractivity contribution in [2.45, 2.75) is 111 Å². The van der Waals surface area contributed by atoms with E-state index in [1.807, 2.05) is 32.6 Å². The highest BCUT2D eigenvalue weighted by Gasteiger charge is 2.38. The van der Waals surface area contributed by atoms with Crippen molar-refractivity contribution in [1.29, 1.82) is 0 Å². The SMILES string of the molecule is CC(C)C[C@H](NC(=O)CNC(=O)CN1CCOCC1)C(=O)NCC(=O)N[C@@H](CC(C)C)C(=O)C(C)(O)COS(=O)(=O)CCCCCC(=O)NCCOC(C)C. The molecular formula is C36H66N6O12S. The molecule has 1 fully saturated rings. The second kappa shape index (κ2) is 25.8. The maximum absolute atomic E-state index is 13.4. The zero-order valence-electron chi connectivity index (χ0n) is 33.7. The third-order valence-electron chi connectivity index (χ3n) is 8.28. The van der Waals surface area contributed by atoms with Crippen molar-refractivity contribution in [1.82, 2.24) is 31.5 Å². The number of carbonyl (C=O) groups excluding carboxylic acids is 6. The Morgan fingerprint density at radius 2 is 1.36 bits per heavy atom. The lowest BCUT2D eigenvalue weighted by molar-refractivity contribution is -0.143. The molecule has 318 valence electrons. The normalized spacial score (nSPS) is 15.9. The third-order valence-corrected chi connectivity index (χ3v) is 9.55. The number of rotatable bonds is 28. The zero-order chi connectivity index (χ0) is 41.6. The molecule has 0 aromatic rings. The van der Waals surface area contributed by atoms with Crippen LogP contribution in [0.1, 0.15) is 87.0 Å². The molecular weight excluding hydrogens is 740 g/mol. The average Bonchev–Trinajstić information content (AvgIpc) is 3.09. The smallest absolute Gasteiger partial charge is 0.267 e. The van der Waals surface area contributed by atoms with Gasteiger partial charge in [-0.2, -0.15) is 8.42 Å². The van der Waals surface area contributed by atoms with Crippen molar-refractivity contribution < 1.29 is 55.9 Å². The summed E-state index contributed by atoms with van der Waals surface area (Å²) in [6.45, 7) is 13.6. The van der Waals surface area contributed by atoms with Crippen LogP contribution in [0.5, 0.6) is 0 Å². The fourth-order valence-corrected chi connectivity index (χ4v) is 6.49. The van der Waals surface area contributed by atoms with Crippen LogP contribution in [0, 0.1) is 11.8 Å². The van der Waals surface area contributed by atoms with Crippen LogP contribution >= 0.6 is 0 Å². The number of carbonyl (C=O) groups is 6. The molecule has 0 aliphatic carbocycles. The molecule has 1 unspecified atom stereocenters. The summed E-state index contributed by atoms with van der Waals surface area (Å²) in [5.74, 6) is -3.88. The number of ketones is 1. The van der Waals surface area contributed by atoms with E-state index in [1.165, 1.54) is 0 Å². The number of ether oxygens (including phenoxy) is 2. The van der Waals surface area contributed by atoms with Gasteiger partial charge in [-0.05, 0) is 58.3 Å². The first-order chi connectivity index (χ1) is 25.7. The second-order valence-corrected chi connectivity index (χ2v) is 16.9. The Morgan fingerprint density at radius 3 is 1.96 bits per heavy atom. The van der Waals surface area contributed by atoms with Gasteiger partial charge in [-0.3, -0.25) is 37.9 Å². The van der Waals surface area contributed by atoms with E-state index in [1.54, 1.807) is 13.8 Å². The molecule has 0 aromatic heterocycles. The number of nitrogens with one attached hydrogen (secondary N) is 5. The topological polar surface area (TPSA) is 248 Å². The minimum Gasteiger partial charge on any atom is -0.380 e. The third kappa shape index (κ3) is 23.4. The molecule has 0 aromatic carbocycles. The lowest BCUT2D eigenvalue weighted by Crippen LogP contribution is -2.56. The molecule has 18 nitrogen and oxygen atoms in total. The summed E-state index contributed by atoms with van der Waals surface area (Å²) in [6, 6.07) is -2.25. The van der Waals surface area contributed by atoms with Gasteiger partial charge in [-0.1, -0.05) is 34.1 Å². The van der Waals surface area contributed by atoms with E-state index in [2.05, 4.69) is 26.6 Å². The van der Waals surface area contributed by atoms with E-state index in [0.29, 0.717) is 52.3 Å². The van der Waals surface area contributed by atoms with Gasteiger partial charge in [-0.15, -0.1) is 0 Å². The van der Waals surface area contributed by atoms with Crippen molar-refractivity contribution >= 4 is 45.4 Å². The number of unbranched alkanes of at least 4 members (excludes halogenated alkanes) is 2. The van der Waals surface area contributed by atoms with Gasteiger partial charge < -0.3 is 41.2 Å². The van der Waals surface area contributed by atoms with Gasteiger partial charge in [-0.25, -0.2) is 0 Å². The molecule has 0 bridgehead atoms. The van der Waals surface area contributed by atoms with Crippen molar-refractivity contribution in [3.8, 4) is 0 Å². The molecule has 1 heterocycles. The number of aliphatic hydroxyl groups is 1. The number of nitrogens with zero attached hydrogens (tertiary/aromatic N) is 1. The summed E-state index contributed by atoms with van der Waals surface area (Å²) in [6.07, 6.45) is 1.73. The van der Waals surface area contributed by atoms with Crippen LogP contribution in [0.2, 0.25) is 0 Å². The Kier molecular flexibility index (Phi) is 23.4. The summed E-state index contributed by atoms with van der Waals surface area (Å²) in [5, 5.41) is 23.8. The highest BCUT2D eigenvalue weighted by atomic mass is 32.2. The van der Waals surface area contributed by atoms with E-state index >= 15 is 0 Å². The van der Waals surface area contributed by atoms with Crippen molar-refractivity contribution in [2.24, 2.45) is 11.8 Å². The van der Waals surface area contributed by atoms with Gasteiger partial charge in [0.2, 0.25) is 29.5 Å². The summed E-state index contributed by atoms with van der Waals surface area (Å²) in [7, 11) is -4.13. The quantitative estimate of drug-likeness (QED) is 0.0427. The summed E-state index contributed by atoms with van der Waals surface area (Å²) in [4.78, 5) is 78.1. The van der Waals surface area contributed by atoms with E-state index in [4.69, 9.17) is 13.7 Å². The number of Topliss-reactive ketones (excluding diaryl/α,β-unsaturated/α-hetero) is 1. The molecule has 1 saturated heterocycles. The van der Waals surface area contributed by atoms with E-state index in [-0.39, 0.29) is 74.3 Å². The van der Waals surface area contributed by atoms with Gasteiger partial charge >= 0.3 is 0 Å². The van der Waals surface area contributed by atoms with Gasteiger partial charge in [0.05, 0.1) is 57.4 Å². The standard InChI is InChI=1S/C36H66N6O12S/c1-25(2)19-28(34(47)36(7,49)24-54-55(50,51)18-10-8-9-11-30(43)37-12-15-53-27(5)6)40-32(45)22-39-35(48)29(20-26(3)4)41-31(44)21-38-33(46)23-42-13-16-52-17-14-42/h25-29,49H,8-24H2,1-7H3,(H,37,43)(H,38,46)(H,39,48)(H,40,45)(H,41,44)/t28-,29-,36?/m0/s1. The maximum atomic E-state index is 13.4. The lowest BCUT2D eigenvalue weighted by Gasteiger charge is -2.28. The average molecular weight is 807 g/mol. The summed E-state index contributed by atoms with van der Waals surface area (Å²) >= 11 is 0. The first-order valence-corrected chi connectivity index (χ1v) is 20.7. The zero-order valence-corrected chi connectivity index (χ0v) is 34.5. The van der Waals surface area contributed by atoms with Crippen LogP contribution in [0.4, 0.5) is 0 Å². The maximum Gasteiger partial charge on any atom is 0.267 e. The molecule has 6 N–H and O–H groups in total. The molecule has 0 radical (unpaired) electrons. The summed E-state index contributed by atoms with van der Waals surface area (Å²) in [5.41, 5.74) is -2.29. The molecule has 19 heteroatoms. The molecule has 1 rings (SSSR count). The van der Waals surface area contributed by atoms with E-state index in [9.17, 15) is 42.3 Å². The van der Waals surface area contributed by atoms with Gasteiger partial charge in [0.15, 0.2) is 5.78 Å². The lowest BCUT2D eigenvalue weighted by atomic mass is 9.90. The van der Waals surface area contributed by atoms with Crippen molar-refractivity contribution in [3.63, 3.8) is 0 Å². The van der Waals surface area contributed by atoms with Gasteiger partial charge in [0.1, 0.15) is 18.2 Å². The Morgan fingerprint density at radius 1 is 0.782 bits per heavy atom. The largest absolute Gasteiger partial charge is 0.380 e. The predicted octanol–water partition coefficient (Wildman–Crippen LogP) is -0.619. The molecule has 3 atom stereocenters. The molecule has 1 aliphatic rings. The Balaban J connectivity index is 2.62. The highest BCUT2D eigenvalue weighted by Crippen LogP contribution is 2.17. The fourth-order valence-electron chi connectivity index (χ4n) is 5.41. The number of hydrogen-bond acceptors (Lipinski definition) is 13. The molecule has 0 saturated carbocycles. The predicted molar refractivity (Wildman–Crippen MR) is 204 cm³/mol. The van der Waals surface area contributed by atoms with Crippen LogP contribution in [-0.2, 0) is 52.5 Å². The van der Waals surface area contributed by atoms with Crippen LogP contribution in [0.25, 0.3) is 0 Å². The number of amides is 5. The molecule has 55 heavy (non-hydrogen) atoms.